The molecule has 1 aliphatic heterocycles. The standard InChI is InChI=1S/C19H20N2O4/c1-14(22)21(10-9-19(23)20-16-5-3-2-4-6-16)12-15-7-8-17-18(11-15)25-13-24-17/h2-8,11H,9-10,12-13H2,1H3,(H,20,23). The number of anilines is 1. The van der Waals surface area contributed by atoms with Crippen LogP contribution in [0.15, 0.2) is 48.5 Å². The molecule has 1 N–H and O–H groups in total. The Morgan fingerprint density at radius 3 is 2.60 bits per heavy atom. The molecule has 1 aliphatic rings. The molecule has 0 aromatic heterocycles. The second kappa shape index (κ2) is 7.70. The van der Waals surface area contributed by atoms with Gasteiger partial charge < -0.3 is 19.7 Å². The van der Waals surface area contributed by atoms with E-state index in [1.54, 1.807) is 4.90 Å². The molecule has 25 heavy (non-hydrogen) atoms. The first-order chi connectivity index (χ1) is 12.1. The summed E-state index contributed by atoms with van der Waals surface area (Å²) in [6.45, 7) is 2.49. The maximum absolute atomic E-state index is 12.1. The third-order valence-corrected chi connectivity index (χ3v) is 3.92. The molecule has 0 unspecified atom stereocenters. The van der Waals surface area contributed by atoms with Crippen molar-refractivity contribution in [3.63, 3.8) is 0 Å². The number of ether oxygens (including phenoxy) is 2. The minimum Gasteiger partial charge on any atom is -0.454 e. The summed E-state index contributed by atoms with van der Waals surface area (Å²) in [5.74, 6) is 1.19. The maximum Gasteiger partial charge on any atom is 0.231 e. The Morgan fingerprint density at radius 2 is 1.84 bits per heavy atom. The van der Waals surface area contributed by atoms with Crippen molar-refractivity contribution >= 4 is 17.5 Å². The molecule has 130 valence electrons. The van der Waals surface area contributed by atoms with Gasteiger partial charge in [-0.05, 0) is 29.8 Å². The fourth-order valence-corrected chi connectivity index (χ4v) is 2.59. The number of benzene rings is 2. The number of hydrogen-bond donors (Lipinski definition) is 1. The largest absolute Gasteiger partial charge is 0.454 e. The van der Waals surface area contributed by atoms with Gasteiger partial charge in [0.05, 0.1) is 0 Å². The molecular formula is C19H20N2O4. The minimum absolute atomic E-state index is 0.0785. The van der Waals surface area contributed by atoms with Gasteiger partial charge in [0.15, 0.2) is 11.5 Å². The van der Waals surface area contributed by atoms with Crippen molar-refractivity contribution in [2.45, 2.75) is 19.9 Å². The molecule has 0 saturated heterocycles. The van der Waals surface area contributed by atoms with Crippen molar-refractivity contribution in [3.05, 3.63) is 54.1 Å². The third kappa shape index (κ3) is 4.50. The van der Waals surface area contributed by atoms with Gasteiger partial charge in [-0.2, -0.15) is 0 Å². The smallest absolute Gasteiger partial charge is 0.231 e. The normalized spacial score (nSPS) is 11.9. The van der Waals surface area contributed by atoms with Gasteiger partial charge in [0.1, 0.15) is 0 Å². The van der Waals surface area contributed by atoms with E-state index >= 15 is 0 Å². The molecule has 0 radical (unpaired) electrons. The summed E-state index contributed by atoms with van der Waals surface area (Å²) in [4.78, 5) is 25.6. The Hall–Kier alpha value is -3.02. The Balaban J connectivity index is 1.56. The molecule has 0 atom stereocenters. The van der Waals surface area contributed by atoms with Crippen LogP contribution in [0.1, 0.15) is 18.9 Å². The van der Waals surface area contributed by atoms with Crippen LogP contribution in [-0.4, -0.2) is 30.1 Å². The number of carbonyl (C=O) groups excluding carboxylic acids is 2. The van der Waals surface area contributed by atoms with Crippen LogP contribution in [0.4, 0.5) is 5.69 Å². The van der Waals surface area contributed by atoms with Crippen molar-refractivity contribution in [2.75, 3.05) is 18.7 Å². The molecule has 0 saturated carbocycles. The number of carbonyl (C=O) groups is 2. The van der Waals surface area contributed by atoms with Gasteiger partial charge >= 0.3 is 0 Å². The molecule has 0 aliphatic carbocycles. The highest BCUT2D eigenvalue weighted by Gasteiger charge is 2.16. The lowest BCUT2D eigenvalue weighted by atomic mass is 10.2. The van der Waals surface area contributed by atoms with Gasteiger partial charge in [0.2, 0.25) is 18.6 Å². The van der Waals surface area contributed by atoms with Gasteiger partial charge in [-0.15, -0.1) is 0 Å². The van der Waals surface area contributed by atoms with Gasteiger partial charge in [0, 0.05) is 32.1 Å². The topological polar surface area (TPSA) is 67.9 Å². The van der Waals surface area contributed by atoms with Crippen molar-refractivity contribution in [2.24, 2.45) is 0 Å². The van der Waals surface area contributed by atoms with E-state index in [-0.39, 0.29) is 25.0 Å². The highest BCUT2D eigenvalue weighted by Crippen LogP contribution is 2.32. The number of nitrogens with zero attached hydrogens (tertiary/aromatic N) is 1. The summed E-state index contributed by atoms with van der Waals surface area (Å²) in [5, 5.41) is 2.82. The summed E-state index contributed by atoms with van der Waals surface area (Å²) < 4.78 is 10.6. The second-order valence-electron chi connectivity index (χ2n) is 5.79. The van der Waals surface area contributed by atoms with Crippen LogP contribution in [0, 0.1) is 0 Å². The first kappa shape index (κ1) is 16.8. The molecule has 0 bridgehead atoms. The average Bonchev–Trinajstić information content (AvgIpc) is 3.07. The lowest BCUT2D eigenvalue weighted by Crippen LogP contribution is -2.31. The van der Waals surface area contributed by atoms with E-state index in [2.05, 4.69) is 5.32 Å². The van der Waals surface area contributed by atoms with Crippen LogP contribution in [0.2, 0.25) is 0 Å². The number of amides is 2. The van der Waals surface area contributed by atoms with E-state index in [1.807, 2.05) is 48.5 Å². The number of para-hydroxylation sites is 1. The summed E-state index contributed by atoms with van der Waals surface area (Å²) in [6, 6.07) is 14.8. The predicted molar refractivity (Wildman–Crippen MR) is 93.3 cm³/mol. The highest BCUT2D eigenvalue weighted by molar-refractivity contribution is 5.91. The molecule has 6 heteroatoms. The summed E-state index contributed by atoms with van der Waals surface area (Å²) in [6.07, 6.45) is 0.235. The minimum atomic E-state index is -0.122. The van der Waals surface area contributed by atoms with Crippen LogP contribution < -0.4 is 14.8 Å². The van der Waals surface area contributed by atoms with Crippen LogP contribution in [-0.2, 0) is 16.1 Å². The van der Waals surface area contributed by atoms with Gasteiger partial charge in [-0.25, -0.2) is 0 Å². The molecule has 2 aromatic carbocycles. The lowest BCUT2D eigenvalue weighted by Gasteiger charge is -2.21. The molecule has 6 nitrogen and oxygen atoms in total. The Labute approximate surface area is 146 Å². The molecular weight excluding hydrogens is 320 g/mol. The first-order valence-corrected chi connectivity index (χ1v) is 8.11. The lowest BCUT2D eigenvalue weighted by molar-refractivity contribution is -0.129. The number of hydrogen-bond acceptors (Lipinski definition) is 4. The Morgan fingerprint density at radius 1 is 1.08 bits per heavy atom. The number of rotatable bonds is 6. The quantitative estimate of drug-likeness (QED) is 0.878. The predicted octanol–water partition coefficient (Wildman–Crippen LogP) is 2.79. The van der Waals surface area contributed by atoms with Crippen LogP contribution in [0.25, 0.3) is 0 Å². The molecule has 2 amide bonds. The van der Waals surface area contributed by atoms with Crippen molar-refractivity contribution in [1.82, 2.24) is 4.90 Å². The monoisotopic (exact) mass is 340 g/mol. The van der Waals surface area contributed by atoms with Crippen LogP contribution in [0.5, 0.6) is 11.5 Å². The average molecular weight is 340 g/mol. The van der Waals surface area contributed by atoms with E-state index < -0.39 is 0 Å². The van der Waals surface area contributed by atoms with E-state index in [0.717, 1.165) is 11.3 Å². The maximum atomic E-state index is 12.1. The molecule has 0 spiro atoms. The van der Waals surface area contributed by atoms with Gasteiger partial charge in [-0.1, -0.05) is 24.3 Å². The molecule has 1 heterocycles. The van der Waals surface area contributed by atoms with Crippen LogP contribution >= 0.6 is 0 Å². The number of fused-ring (bicyclic) bond motifs is 1. The van der Waals surface area contributed by atoms with Crippen LogP contribution in [0.3, 0.4) is 0 Å². The summed E-state index contributed by atoms with van der Waals surface area (Å²) >= 11 is 0. The van der Waals surface area contributed by atoms with Crippen molar-refractivity contribution in [1.29, 1.82) is 0 Å². The van der Waals surface area contributed by atoms with E-state index in [9.17, 15) is 9.59 Å². The van der Waals surface area contributed by atoms with E-state index in [4.69, 9.17) is 9.47 Å². The zero-order valence-corrected chi connectivity index (χ0v) is 14.0. The van der Waals surface area contributed by atoms with E-state index in [0.29, 0.717) is 24.6 Å². The zero-order chi connectivity index (χ0) is 17.6. The third-order valence-electron chi connectivity index (χ3n) is 3.92. The molecule has 3 rings (SSSR count). The highest BCUT2D eigenvalue weighted by atomic mass is 16.7. The fourth-order valence-electron chi connectivity index (χ4n) is 2.59. The SMILES string of the molecule is CC(=O)N(CCC(=O)Nc1ccccc1)Cc1ccc2c(c1)OCO2. The van der Waals surface area contributed by atoms with Gasteiger partial charge in [-0.3, -0.25) is 9.59 Å². The van der Waals surface area contributed by atoms with Crippen molar-refractivity contribution < 1.29 is 19.1 Å². The van der Waals surface area contributed by atoms with E-state index in [1.165, 1.54) is 6.92 Å². The summed E-state index contributed by atoms with van der Waals surface area (Å²) in [5.41, 5.74) is 1.68. The molecule has 0 fully saturated rings. The first-order valence-electron chi connectivity index (χ1n) is 8.11. The second-order valence-corrected chi connectivity index (χ2v) is 5.79. The Kier molecular flexibility index (Phi) is 5.18. The zero-order valence-electron chi connectivity index (χ0n) is 14.0. The Bertz CT molecular complexity index is 761. The fraction of sp³-hybridized carbons (Fsp3) is 0.263. The van der Waals surface area contributed by atoms with Crippen molar-refractivity contribution in [3.8, 4) is 11.5 Å². The van der Waals surface area contributed by atoms with Gasteiger partial charge in [0.25, 0.3) is 0 Å². The molecule has 2 aromatic rings. The summed E-state index contributed by atoms with van der Waals surface area (Å²) in [7, 11) is 0. The number of nitrogens with one attached hydrogen (secondary N) is 1.